The first-order chi connectivity index (χ1) is 6.80. The zero-order chi connectivity index (χ0) is 10.4. The molecule has 0 amide bonds. The molecule has 0 aromatic heterocycles. The molecule has 0 aliphatic rings. The molecule has 76 valence electrons. The average molecular weight is 208 g/mol. The van der Waals surface area contributed by atoms with Gasteiger partial charge in [0.2, 0.25) is 0 Å². The zero-order valence-electron chi connectivity index (χ0n) is 9.12. The molecule has 0 radical (unpaired) electrons. The summed E-state index contributed by atoms with van der Waals surface area (Å²) in [7, 11) is 1.67. The van der Waals surface area contributed by atoms with Crippen molar-refractivity contribution in [3.8, 4) is 11.5 Å². The number of hydrogen-bond donors (Lipinski definition) is 0. The summed E-state index contributed by atoms with van der Waals surface area (Å²) in [6, 6.07) is 7.83. The van der Waals surface area contributed by atoms with Gasteiger partial charge in [-0.1, -0.05) is 24.4 Å². The van der Waals surface area contributed by atoms with Crippen LogP contribution in [0.15, 0.2) is 24.3 Å². The van der Waals surface area contributed by atoms with Gasteiger partial charge in [-0.15, -0.1) is 0 Å². The fourth-order valence-electron chi connectivity index (χ4n) is 1.30. The Morgan fingerprint density at radius 2 is 1.50 bits per heavy atom. The summed E-state index contributed by atoms with van der Waals surface area (Å²) in [5.74, 6) is 1.86. The summed E-state index contributed by atoms with van der Waals surface area (Å²) < 4.78 is 11.0. The van der Waals surface area contributed by atoms with Crippen LogP contribution in [0.4, 0.5) is 0 Å². The van der Waals surface area contributed by atoms with E-state index in [0.717, 1.165) is 11.5 Å². The van der Waals surface area contributed by atoms with Crippen molar-refractivity contribution in [2.45, 2.75) is 24.4 Å². The molecule has 0 spiro atoms. The number of rotatable bonds is 5. The van der Waals surface area contributed by atoms with Gasteiger partial charge in [0.15, 0.2) is 0 Å². The summed E-state index contributed by atoms with van der Waals surface area (Å²) in [5.41, 5.74) is 0. The second-order valence-corrected chi connectivity index (χ2v) is 6.34. The molecule has 2 nitrogen and oxygen atoms in total. The Morgan fingerprint density at radius 1 is 1.00 bits per heavy atom. The van der Waals surface area contributed by atoms with Crippen molar-refractivity contribution in [2.24, 2.45) is 0 Å². The van der Waals surface area contributed by atoms with Gasteiger partial charge in [-0.2, -0.15) is 0 Å². The van der Waals surface area contributed by atoms with Crippen LogP contribution in [0.3, 0.4) is 0 Å². The SMILES string of the molecule is C[CH2][Al]([CH2]C)[O]c1ccc(OC)cc1. The van der Waals surface area contributed by atoms with Crippen LogP contribution in [-0.4, -0.2) is 21.6 Å². The summed E-state index contributed by atoms with van der Waals surface area (Å²) in [6.45, 7) is 4.40. The lowest BCUT2D eigenvalue weighted by molar-refractivity contribution is 0.414. The van der Waals surface area contributed by atoms with Crippen LogP contribution in [0.25, 0.3) is 0 Å². The van der Waals surface area contributed by atoms with Crippen molar-refractivity contribution in [3.05, 3.63) is 24.3 Å². The van der Waals surface area contributed by atoms with E-state index in [1.165, 1.54) is 10.6 Å². The van der Waals surface area contributed by atoms with Gasteiger partial charge in [-0.25, -0.2) is 0 Å². The van der Waals surface area contributed by atoms with Crippen LogP contribution < -0.4 is 8.53 Å². The van der Waals surface area contributed by atoms with Crippen LogP contribution >= 0.6 is 0 Å². The normalized spacial score (nSPS) is 9.64. The molecule has 0 aliphatic carbocycles. The van der Waals surface area contributed by atoms with Gasteiger partial charge in [0.25, 0.3) is 0 Å². The summed E-state index contributed by atoms with van der Waals surface area (Å²) >= 11 is -0.984. The number of ether oxygens (including phenoxy) is 1. The Hall–Kier alpha value is -0.648. The first-order valence-electron chi connectivity index (χ1n) is 5.10. The lowest BCUT2D eigenvalue weighted by Crippen LogP contribution is -2.18. The van der Waals surface area contributed by atoms with Gasteiger partial charge in [0.1, 0.15) is 5.75 Å². The molecule has 0 unspecified atom stereocenters. The average Bonchev–Trinajstić information content (AvgIpc) is 2.26. The van der Waals surface area contributed by atoms with Crippen molar-refractivity contribution < 1.29 is 8.53 Å². The van der Waals surface area contributed by atoms with E-state index in [1.807, 2.05) is 24.3 Å². The first kappa shape index (κ1) is 11.4. The maximum Gasteiger partial charge on any atom is 0.546 e. The molecule has 0 heterocycles. The third-order valence-electron chi connectivity index (χ3n) is 2.27. The minimum absolute atomic E-state index is 0.878. The second-order valence-electron chi connectivity index (χ2n) is 3.23. The molecule has 1 rings (SSSR count). The third-order valence-corrected chi connectivity index (χ3v) is 4.70. The zero-order valence-corrected chi connectivity index (χ0v) is 10.3. The molecule has 14 heavy (non-hydrogen) atoms. The van der Waals surface area contributed by atoms with E-state index < -0.39 is 14.5 Å². The summed E-state index contributed by atoms with van der Waals surface area (Å²) in [4.78, 5) is 0. The Bertz CT molecular complexity index is 254. The number of benzene rings is 1. The van der Waals surface area contributed by atoms with E-state index in [2.05, 4.69) is 13.8 Å². The lowest BCUT2D eigenvalue weighted by Gasteiger charge is -2.12. The number of hydrogen-bond acceptors (Lipinski definition) is 2. The molecule has 0 saturated heterocycles. The molecule has 0 fully saturated rings. The predicted octanol–water partition coefficient (Wildman–Crippen LogP) is 3.11. The standard InChI is InChI=1S/C7H8O2.2C2H5.Al/c1-9-7-4-2-6(8)3-5-7;2*1-2;/h2-5,8H,1H3;2*1H2,2H3;/q;;;+1/p-1. The largest absolute Gasteiger partial charge is 0.643 e. The van der Waals surface area contributed by atoms with Gasteiger partial charge in [-0.3, -0.25) is 0 Å². The predicted molar refractivity (Wildman–Crippen MR) is 60.3 cm³/mol. The maximum atomic E-state index is 5.90. The molecule has 0 N–H and O–H groups in total. The van der Waals surface area contributed by atoms with Gasteiger partial charge in [0, 0.05) is 0 Å². The van der Waals surface area contributed by atoms with Gasteiger partial charge >= 0.3 is 14.5 Å². The highest BCUT2D eigenvalue weighted by Gasteiger charge is 2.17. The van der Waals surface area contributed by atoms with E-state index in [4.69, 9.17) is 8.53 Å². The van der Waals surface area contributed by atoms with E-state index in [9.17, 15) is 0 Å². The molecule has 1 aromatic carbocycles. The highest BCUT2D eigenvalue weighted by Crippen LogP contribution is 2.18. The van der Waals surface area contributed by atoms with E-state index in [0.29, 0.717) is 0 Å². The van der Waals surface area contributed by atoms with Crippen LogP contribution in [0.5, 0.6) is 11.5 Å². The van der Waals surface area contributed by atoms with Crippen molar-refractivity contribution in [1.29, 1.82) is 0 Å². The van der Waals surface area contributed by atoms with E-state index >= 15 is 0 Å². The van der Waals surface area contributed by atoms with E-state index in [-0.39, 0.29) is 0 Å². The van der Waals surface area contributed by atoms with Gasteiger partial charge < -0.3 is 8.53 Å². The van der Waals surface area contributed by atoms with Crippen LogP contribution in [0.1, 0.15) is 13.8 Å². The minimum atomic E-state index is -0.984. The second kappa shape index (κ2) is 5.95. The molecule has 0 bridgehead atoms. The Labute approximate surface area is 90.6 Å². The fourth-order valence-corrected chi connectivity index (χ4v) is 2.75. The van der Waals surface area contributed by atoms with Crippen LogP contribution in [0.2, 0.25) is 10.6 Å². The topological polar surface area (TPSA) is 18.5 Å². The van der Waals surface area contributed by atoms with Crippen molar-refractivity contribution >= 4 is 14.5 Å². The molecular formula is C11H17AlO2. The quantitative estimate of drug-likeness (QED) is 0.692. The van der Waals surface area contributed by atoms with Crippen LogP contribution in [0, 0.1) is 0 Å². The van der Waals surface area contributed by atoms with E-state index in [1.54, 1.807) is 7.11 Å². The molecule has 0 atom stereocenters. The van der Waals surface area contributed by atoms with Gasteiger partial charge in [-0.05, 0) is 24.3 Å². The first-order valence-corrected chi connectivity index (χ1v) is 7.21. The van der Waals surface area contributed by atoms with Crippen molar-refractivity contribution in [3.63, 3.8) is 0 Å². The summed E-state index contributed by atoms with van der Waals surface area (Å²) in [6.07, 6.45) is 0. The number of methoxy groups -OCH3 is 1. The molecular weight excluding hydrogens is 191 g/mol. The third kappa shape index (κ3) is 3.25. The lowest BCUT2D eigenvalue weighted by atomic mass is 10.3. The smallest absolute Gasteiger partial charge is 0.546 e. The minimum Gasteiger partial charge on any atom is -0.643 e. The molecule has 0 saturated carbocycles. The Morgan fingerprint density at radius 3 is 1.93 bits per heavy atom. The highest BCUT2D eigenvalue weighted by molar-refractivity contribution is 6.52. The molecule has 1 aromatic rings. The Kier molecular flexibility index (Phi) is 4.86. The highest BCUT2D eigenvalue weighted by atomic mass is 27.2. The maximum absolute atomic E-state index is 5.90. The Balaban J connectivity index is 2.58. The van der Waals surface area contributed by atoms with Gasteiger partial charge in [0.05, 0.1) is 12.9 Å². The van der Waals surface area contributed by atoms with Crippen LogP contribution in [-0.2, 0) is 0 Å². The van der Waals surface area contributed by atoms with Crippen molar-refractivity contribution in [1.82, 2.24) is 0 Å². The summed E-state index contributed by atoms with van der Waals surface area (Å²) in [5, 5.41) is 2.37. The monoisotopic (exact) mass is 208 g/mol. The molecule has 0 aliphatic heterocycles. The van der Waals surface area contributed by atoms with Crippen molar-refractivity contribution in [2.75, 3.05) is 7.11 Å². The molecule has 3 heteroatoms. The fraction of sp³-hybridized carbons (Fsp3) is 0.455.